The van der Waals surface area contributed by atoms with Crippen LogP contribution < -0.4 is 0 Å². The lowest BCUT2D eigenvalue weighted by Gasteiger charge is -2.08. The van der Waals surface area contributed by atoms with Gasteiger partial charge in [-0.2, -0.15) is 5.10 Å². The van der Waals surface area contributed by atoms with Gasteiger partial charge in [0.1, 0.15) is 5.69 Å². The zero-order valence-electron chi connectivity index (χ0n) is 11.4. The fourth-order valence-corrected chi connectivity index (χ4v) is 1.97. The van der Waals surface area contributed by atoms with Gasteiger partial charge < -0.3 is 5.11 Å². The van der Waals surface area contributed by atoms with Crippen molar-refractivity contribution in [1.29, 1.82) is 0 Å². The van der Waals surface area contributed by atoms with Gasteiger partial charge in [0, 0.05) is 6.20 Å². The van der Waals surface area contributed by atoms with E-state index in [2.05, 4.69) is 5.10 Å². The number of rotatable bonds is 5. The third-order valence-electron chi connectivity index (χ3n) is 3.29. The van der Waals surface area contributed by atoms with Crippen molar-refractivity contribution in [3.05, 3.63) is 52.8 Å². The molecule has 0 aliphatic rings. The van der Waals surface area contributed by atoms with E-state index in [1.165, 1.54) is 0 Å². The van der Waals surface area contributed by atoms with Crippen LogP contribution in [0.15, 0.2) is 30.5 Å². The molecule has 1 unspecified atom stereocenters. The molecule has 20 heavy (non-hydrogen) atoms. The van der Waals surface area contributed by atoms with Gasteiger partial charge in [0.25, 0.3) is 0 Å². The van der Waals surface area contributed by atoms with E-state index >= 15 is 0 Å². The number of nitrogens with zero attached hydrogens (tertiary/aromatic N) is 2. The second-order valence-electron chi connectivity index (χ2n) is 4.81. The van der Waals surface area contributed by atoms with E-state index in [0.717, 1.165) is 23.0 Å². The molecule has 2 aromatic rings. The second kappa shape index (κ2) is 5.69. The zero-order chi connectivity index (χ0) is 14.7. The molecule has 1 N–H and O–H groups in total. The molecule has 0 bridgehead atoms. The maximum Gasteiger partial charge on any atom is 0.310 e. The molecule has 0 fully saturated rings. The molecule has 0 radical (unpaired) electrons. The highest BCUT2D eigenvalue weighted by molar-refractivity contribution is 5.75. The number of carboxylic acids is 1. The standard InChI is InChI=1S/C15H16N2O3/c1-10-7-17(16-14(10)9-18)8-12-3-5-13(6-4-12)11(2)15(19)20/h3-7,9,11H,8H2,1-2H3,(H,19,20). The van der Waals surface area contributed by atoms with E-state index in [4.69, 9.17) is 5.11 Å². The van der Waals surface area contributed by atoms with E-state index in [1.807, 2.05) is 37.4 Å². The number of hydrogen-bond acceptors (Lipinski definition) is 3. The van der Waals surface area contributed by atoms with E-state index in [-0.39, 0.29) is 0 Å². The Labute approximate surface area is 116 Å². The quantitative estimate of drug-likeness (QED) is 0.847. The van der Waals surface area contributed by atoms with Crippen molar-refractivity contribution in [3.8, 4) is 0 Å². The molecule has 0 spiro atoms. The van der Waals surface area contributed by atoms with Crippen molar-refractivity contribution in [1.82, 2.24) is 9.78 Å². The van der Waals surface area contributed by atoms with E-state index in [0.29, 0.717) is 12.2 Å². The Morgan fingerprint density at radius 1 is 1.40 bits per heavy atom. The number of hydrogen-bond donors (Lipinski definition) is 1. The summed E-state index contributed by atoms with van der Waals surface area (Å²) < 4.78 is 1.70. The number of carboxylic acid groups (broad SMARTS) is 1. The number of aryl methyl sites for hydroxylation is 1. The van der Waals surface area contributed by atoms with Gasteiger partial charge in [-0.25, -0.2) is 0 Å². The molecule has 0 aliphatic carbocycles. The lowest BCUT2D eigenvalue weighted by Crippen LogP contribution is -2.07. The van der Waals surface area contributed by atoms with Crippen molar-refractivity contribution in [3.63, 3.8) is 0 Å². The van der Waals surface area contributed by atoms with Crippen LogP contribution in [0.3, 0.4) is 0 Å². The fourth-order valence-electron chi connectivity index (χ4n) is 1.97. The van der Waals surface area contributed by atoms with Gasteiger partial charge in [0.15, 0.2) is 6.29 Å². The van der Waals surface area contributed by atoms with Crippen molar-refractivity contribution in [2.24, 2.45) is 0 Å². The van der Waals surface area contributed by atoms with Crippen LogP contribution in [-0.2, 0) is 11.3 Å². The summed E-state index contributed by atoms with van der Waals surface area (Å²) in [7, 11) is 0. The van der Waals surface area contributed by atoms with Gasteiger partial charge >= 0.3 is 5.97 Å². The molecule has 0 saturated heterocycles. The first-order valence-corrected chi connectivity index (χ1v) is 6.32. The van der Waals surface area contributed by atoms with Crippen LogP contribution in [0.2, 0.25) is 0 Å². The van der Waals surface area contributed by atoms with Crippen LogP contribution in [0.1, 0.15) is 40.0 Å². The summed E-state index contributed by atoms with van der Waals surface area (Å²) in [6.07, 6.45) is 2.56. The summed E-state index contributed by atoms with van der Waals surface area (Å²) in [5, 5.41) is 13.1. The number of aromatic nitrogens is 2. The zero-order valence-corrected chi connectivity index (χ0v) is 11.4. The van der Waals surface area contributed by atoms with Crippen LogP contribution >= 0.6 is 0 Å². The fraction of sp³-hybridized carbons (Fsp3) is 0.267. The summed E-state index contributed by atoms with van der Waals surface area (Å²) >= 11 is 0. The first kappa shape index (κ1) is 14.0. The Morgan fingerprint density at radius 3 is 2.55 bits per heavy atom. The normalized spacial score (nSPS) is 12.1. The molecule has 0 saturated carbocycles. The first-order valence-electron chi connectivity index (χ1n) is 6.32. The second-order valence-corrected chi connectivity index (χ2v) is 4.81. The molecule has 0 aliphatic heterocycles. The van der Waals surface area contributed by atoms with E-state index in [9.17, 15) is 9.59 Å². The molecule has 1 aromatic carbocycles. The number of carbonyl (C=O) groups is 2. The lowest BCUT2D eigenvalue weighted by atomic mass is 10.0. The molecule has 1 atom stereocenters. The van der Waals surface area contributed by atoms with Gasteiger partial charge in [0.2, 0.25) is 0 Å². The summed E-state index contributed by atoms with van der Waals surface area (Å²) in [5.41, 5.74) is 3.06. The Hall–Kier alpha value is -2.43. The van der Waals surface area contributed by atoms with Crippen molar-refractivity contribution in [2.75, 3.05) is 0 Å². The van der Waals surface area contributed by atoms with Crippen molar-refractivity contribution in [2.45, 2.75) is 26.3 Å². The van der Waals surface area contributed by atoms with Gasteiger partial charge in [-0.05, 0) is 30.5 Å². The largest absolute Gasteiger partial charge is 0.481 e. The van der Waals surface area contributed by atoms with Crippen LogP contribution in [0.4, 0.5) is 0 Å². The van der Waals surface area contributed by atoms with E-state index in [1.54, 1.807) is 11.6 Å². The maximum absolute atomic E-state index is 10.9. The number of aldehydes is 1. The average Bonchev–Trinajstić information content (AvgIpc) is 2.78. The highest BCUT2D eigenvalue weighted by Crippen LogP contribution is 2.16. The molecule has 5 nitrogen and oxygen atoms in total. The van der Waals surface area contributed by atoms with Gasteiger partial charge in [-0.1, -0.05) is 24.3 Å². The maximum atomic E-state index is 10.9. The summed E-state index contributed by atoms with van der Waals surface area (Å²) in [4.78, 5) is 21.6. The summed E-state index contributed by atoms with van der Waals surface area (Å²) in [6, 6.07) is 7.38. The Kier molecular flexibility index (Phi) is 3.98. The van der Waals surface area contributed by atoms with Crippen LogP contribution in [0.5, 0.6) is 0 Å². The number of benzene rings is 1. The number of carbonyl (C=O) groups excluding carboxylic acids is 1. The van der Waals surface area contributed by atoms with Crippen LogP contribution in [-0.4, -0.2) is 27.1 Å². The molecule has 2 rings (SSSR count). The van der Waals surface area contributed by atoms with Gasteiger partial charge in [0.05, 0.1) is 12.5 Å². The SMILES string of the molecule is Cc1cn(Cc2ccc(C(C)C(=O)O)cc2)nc1C=O. The smallest absolute Gasteiger partial charge is 0.310 e. The van der Waals surface area contributed by atoms with Gasteiger partial charge in [-0.15, -0.1) is 0 Å². The first-order chi connectivity index (χ1) is 9.51. The summed E-state index contributed by atoms with van der Waals surface area (Å²) in [6.45, 7) is 4.05. The van der Waals surface area contributed by atoms with Crippen molar-refractivity contribution < 1.29 is 14.7 Å². The van der Waals surface area contributed by atoms with Crippen LogP contribution in [0.25, 0.3) is 0 Å². The molecular weight excluding hydrogens is 256 g/mol. The third-order valence-corrected chi connectivity index (χ3v) is 3.29. The Balaban J connectivity index is 2.14. The molecule has 5 heteroatoms. The monoisotopic (exact) mass is 272 g/mol. The highest BCUT2D eigenvalue weighted by Gasteiger charge is 2.13. The molecule has 104 valence electrons. The molecular formula is C15H16N2O3. The predicted octanol–water partition coefficient (Wildman–Crippen LogP) is 2.24. The summed E-state index contributed by atoms with van der Waals surface area (Å²) in [5.74, 6) is -1.35. The third kappa shape index (κ3) is 2.93. The topological polar surface area (TPSA) is 72.2 Å². The Morgan fingerprint density at radius 2 is 2.05 bits per heavy atom. The predicted molar refractivity (Wildman–Crippen MR) is 73.9 cm³/mol. The molecule has 0 amide bonds. The van der Waals surface area contributed by atoms with Gasteiger partial charge in [-0.3, -0.25) is 14.3 Å². The molecule has 1 aromatic heterocycles. The lowest BCUT2D eigenvalue weighted by molar-refractivity contribution is -0.138. The van der Waals surface area contributed by atoms with Crippen molar-refractivity contribution >= 4 is 12.3 Å². The van der Waals surface area contributed by atoms with Crippen LogP contribution in [0, 0.1) is 6.92 Å². The average molecular weight is 272 g/mol. The van der Waals surface area contributed by atoms with E-state index < -0.39 is 11.9 Å². The minimum atomic E-state index is -0.837. The highest BCUT2D eigenvalue weighted by atomic mass is 16.4. The molecule has 1 heterocycles. The Bertz CT molecular complexity index is 629. The minimum absolute atomic E-state index is 0.445. The number of aliphatic carboxylic acids is 1. The minimum Gasteiger partial charge on any atom is -0.481 e.